The third-order valence-corrected chi connectivity index (χ3v) is 11.1. The number of hydrogen-bond acceptors (Lipinski definition) is 2. The zero-order valence-corrected chi connectivity index (χ0v) is 25.8. The van der Waals surface area contributed by atoms with Gasteiger partial charge in [0, 0.05) is 42.9 Å². The maximum absolute atomic E-state index is 5.18. The molecule has 1 aliphatic rings. The molecule has 3 heteroatoms. The molecule has 0 bridgehead atoms. The van der Waals surface area contributed by atoms with Gasteiger partial charge in [-0.25, -0.2) is 4.98 Å². The van der Waals surface area contributed by atoms with E-state index >= 15 is 0 Å². The number of thiophene rings is 1. The highest BCUT2D eigenvalue weighted by Crippen LogP contribution is 2.51. The summed E-state index contributed by atoms with van der Waals surface area (Å²) in [5.74, 6) is 0. The molecule has 9 aromatic rings. The molecule has 0 atom stereocenters. The first-order chi connectivity index (χ1) is 22.1. The summed E-state index contributed by atoms with van der Waals surface area (Å²) in [6, 6.07) is 49.0. The van der Waals surface area contributed by atoms with Crippen LogP contribution in [0.2, 0.25) is 0 Å². The van der Waals surface area contributed by atoms with Crippen LogP contribution in [0.1, 0.15) is 25.0 Å². The fourth-order valence-corrected chi connectivity index (χ4v) is 9.09. The van der Waals surface area contributed by atoms with Crippen molar-refractivity contribution in [2.75, 3.05) is 0 Å². The number of hydrogen-bond donors (Lipinski definition) is 0. The Labute approximate surface area is 264 Å². The van der Waals surface area contributed by atoms with E-state index in [2.05, 4.69) is 152 Å². The van der Waals surface area contributed by atoms with Crippen LogP contribution in [0.15, 0.2) is 133 Å². The Morgan fingerprint density at radius 2 is 1.33 bits per heavy atom. The molecule has 10 rings (SSSR count). The highest BCUT2D eigenvalue weighted by molar-refractivity contribution is 7.26. The largest absolute Gasteiger partial charge is 0.309 e. The van der Waals surface area contributed by atoms with Crippen LogP contribution in [0.5, 0.6) is 0 Å². The van der Waals surface area contributed by atoms with E-state index in [1.807, 2.05) is 11.3 Å². The minimum atomic E-state index is -0.0635. The van der Waals surface area contributed by atoms with Gasteiger partial charge in [-0.1, -0.05) is 105 Å². The molecule has 0 amide bonds. The number of benzene rings is 6. The number of nitrogens with zero attached hydrogens (tertiary/aromatic N) is 2. The van der Waals surface area contributed by atoms with Crippen LogP contribution in [-0.2, 0) is 5.41 Å². The molecule has 0 N–H and O–H groups in total. The maximum atomic E-state index is 5.18. The number of pyridine rings is 1. The molecule has 3 heterocycles. The first-order valence-electron chi connectivity index (χ1n) is 15.6. The van der Waals surface area contributed by atoms with E-state index in [4.69, 9.17) is 4.98 Å². The van der Waals surface area contributed by atoms with Crippen LogP contribution in [-0.4, -0.2) is 9.55 Å². The summed E-state index contributed by atoms with van der Waals surface area (Å²) in [7, 11) is 0. The monoisotopic (exact) mass is 592 g/mol. The Kier molecular flexibility index (Phi) is 4.97. The molecule has 0 unspecified atom stereocenters. The van der Waals surface area contributed by atoms with E-state index in [1.165, 1.54) is 81.0 Å². The third-order valence-electron chi connectivity index (χ3n) is 9.97. The van der Waals surface area contributed by atoms with Crippen molar-refractivity contribution in [1.29, 1.82) is 0 Å². The summed E-state index contributed by atoms with van der Waals surface area (Å²) in [5.41, 5.74) is 13.7. The highest BCUT2D eigenvalue weighted by atomic mass is 32.1. The predicted molar refractivity (Wildman–Crippen MR) is 192 cm³/mol. The topological polar surface area (TPSA) is 17.8 Å². The number of fused-ring (bicyclic) bond motifs is 10. The first kappa shape index (κ1) is 25.1. The van der Waals surface area contributed by atoms with Crippen LogP contribution in [0.3, 0.4) is 0 Å². The van der Waals surface area contributed by atoms with Crippen LogP contribution < -0.4 is 0 Å². The van der Waals surface area contributed by atoms with Gasteiger partial charge in [-0.05, 0) is 70.3 Å². The Hall–Kier alpha value is -5.25. The van der Waals surface area contributed by atoms with E-state index < -0.39 is 0 Å². The van der Waals surface area contributed by atoms with Crippen molar-refractivity contribution in [2.45, 2.75) is 19.3 Å². The second-order valence-corrected chi connectivity index (χ2v) is 13.8. The average Bonchev–Trinajstić information content (AvgIpc) is 3.68. The molecule has 1 aliphatic carbocycles. The van der Waals surface area contributed by atoms with Crippen molar-refractivity contribution < 1.29 is 0 Å². The van der Waals surface area contributed by atoms with Gasteiger partial charge < -0.3 is 4.57 Å². The molecule has 0 fully saturated rings. The molecule has 6 aromatic carbocycles. The minimum Gasteiger partial charge on any atom is -0.309 e. The van der Waals surface area contributed by atoms with Crippen molar-refractivity contribution >= 4 is 64.3 Å². The standard InChI is InChI=1S/C42H28N2S/c1-42(2)33-18-7-3-14-27(33)31-23-32-28-15-5-9-20-36(28)44(37(32)24-34(31)42)26-13-11-12-25(22-26)39-29-16-4-8-19-35(29)43-40-30-17-6-10-21-38(30)45-41(39)40/h3-24H,1-2H3. The predicted octanol–water partition coefficient (Wildman–Crippen LogP) is 11.7. The molecule has 0 saturated heterocycles. The Morgan fingerprint density at radius 1 is 0.578 bits per heavy atom. The molecule has 2 nitrogen and oxygen atoms in total. The quantitative estimate of drug-likeness (QED) is 0.195. The van der Waals surface area contributed by atoms with Crippen LogP contribution >= 0.6 is 11.3 Å². The van der Waals surface area contributed by atoms with Crippen LogP contribution in [0.25, 0.3) is 81.0 Å². The van der Waals surface area contributed by atoms with E-state index in [9.17, 15) is 0 Å². The maximum Gasteiger partial charge on any atom is 0.0902 e. The summed E-state index contributed by atoms with van der Waals surface area (Å²) in [4.78, 5) is 5.18. The summed E-state index contributed by atoms with van der Waals surface area (Å²) < 4.78 is 4.98. The fraction of sp³-hybridized carbons (Fsp3) is 0.0714. The number of aromatic nitrogens is 2. The minimum absolute atomic E-state index is 0.0635. The van der Waals surface area contributed by atoms with Gasteiger partial charge in [-0.3, -0.25) is 0 Å². The van der Waals surface area contributed by atoms with Gasteiger partial charge in [-0.15, -0.1) is 11.3 Å². The van der Waals surface area contributed by atoms with Gasteiger partial charge in [0.2, 0.25) is 0 Å². The third kappa shape index (κ3) is 3.36. The Balaban J connectivity index is 1.27. The van der Waals surface area contributed by atoms with E-state index in [0.29, 0.717) is 0 Å². The number of rotatable bonds is 2. The van der Waals surface area contributed by atoms with E-state index in [1.54, 1.807) is 0 Å². The molecule has 0 radical (unpaired) electrons. The summed E-state index contributed by atoms with van der Waals surface area (Å²) in [6.07, 6.45) is 0. The average molecular weight is 593 g/mol. The van der Waals surface area contributed by atoms with Crippen molar-refractivity contribution in [3.05, 3.63) is 145 Å². The molecule has 0 aliphatic heterocycles. The van der Waals surface area contributed by atoms with Crippen molar-refractivity contribution in [3.63, 3.8) is 0 Å². The summed E-state index contributed by atoms with van der Waals surface area (Å²) in [5, 5.41) is 4.99. The second kappa shape index (κ2) is 8.90. The Morgan fingerprint density at radius 3 is 2.24 bits per heavy atom. The first-order valence-corrected chi connectivity index (χ1v) is 16.4. The number of para-hydroxylation sites is 2. The van der Waals surface area contributed by atoms with Gasteiger partial charge in [0.1, 0.15) is 0 Å². The van der Waals surface area contributed by atoms with Crippen molar-refractivity contribution in [3.8, 4) is 27.9 Å². The zero-order chi connectivity index (χ0) is 29.9. The highest BCUT2D eigenvalue weighted by Gasteiger charge is 2.36. The van der Waals surface area contributed by atoms with E-state index in [0.717, 1.165) is 11.0 Å². The smallest absolute Gasteiger partial charge is 0.0902 e. The molecule has 0 spiro atoms. The molecule has 45 heavy (non-hydrogen) atoms. The van der Waals surface area contributed by atoms with Gasteiger partial charge in [0.25, 0.3) is 0 Å². The summed E-state index contributed by atoms with van der Waals surface area (Å²) in [6.45, 7) is 4.73. The lowest BCUT2D eigenvalue weighted by atomic mass is 9.82. The van der Waals surface area contributed by atoms with Gasteiger partial charge in [0.05, 0.1) is 26.8 Å². The molecular weight excluding hydrogens is 565 g/mol. The van der Waals surface area contributed by atoms with Gasteiger partial charge >= 0.3 is 0 Å². The molecule has 3 aromatic heterocycles. The molecular formula is C42H28N2S. The lowest BCUT2D eigenvalue weighted by molar-refractivity contribution is 0.661. The van der Waals surface area contributed by atoms with Gasteiger partial charge in [0.15, 0.2) is 0 Å². The lowest BCUT2D eigenvalue weighted by Crippen LogP contribution is -2.14. The normalized spacial score (nSPS) is 13.7. The molecule has 0 saturated carbocycles. The second-order valence-electron chi connectivity index (χ2n) is 12.8. The van der Waals surface area contributed by atoms with Crippen molar-refractivity contribution in [1.82, 2.24) is 9.55 Å². The van der Waals surface area contributed by atoms with Crippen molar-refractivity contribution in [2.24, 2.45) is 0 Å². The van der Waals surface area contributed by atoms with E-state index in [-0.39, 0.29) is 5.41 Å². The van der Waals surface area contributed by atoms with Gasteiger partial charge in [-0.2, -0.15) is 0 Å². The molecule has 212 valence electrons. The lowest BCUT2D eigenvalue weighted by Gasteiger charge is -2.21. The fourth-order valence-electron chi connectivity index (χ4n) is 7.87. The zero-order valence-electron chi connectivity index (χ0n) is 25.0. The van der Waals surface area contributed by atoms with Crippen LogP contribution in [0.4, 0.5) is 0 Å². The summed E-state index contributed by atoms with van der Waals surface area (Å²) >= 11 is 1.84. The SMILES string of the molecule is CC1(C)c2ccccc2-c2cc3c4ccccc4n(-c4cccc(-c5c6ccccc6nc6c5sc5ccccc56)c4)c3cc21. The Bertz CT molecular complexity index is 2690. The van der Waals surface area contributed by atoms with Crippen LogP contribution in [0, 0.1) is 0 Å².